The van der Waals surface area contributed by atoms with E-state index in [9.17, 15) is 0 Å². The Hall–Kier alpha value is -6.58. The molecular weight excluding hydrogens is 597 g/mol. The minimum Gasteiger partial charge on any atom is -0.456 e. The van der Waals surface area contributed by atoms with E-state index in [1.807, 2.05) is 42.5 Å². The molecule has 0 N–H and O–H groups in total. The smallest absolute Gasteiger partial charge is 0.160 e. The molecule has 0 saturated carbocycles. The van der Waals surface area contributed by atoms with E-state index in [0.717, 1.165) is 55.6 Å². The highest BCUT2D eigenvalue weighted by atomic mass is 16.3. The third kappa shape index (κ3) is 4.44. The summed E-state index contributed by atoms with van der Waals surface area (Å²) in [6.45, 7) is 0. The first-order valence-electron chi connectivity index (χ1n) is 16.6. The van der Waals surface area contributed by atoms with E-state index in [4.69, 9.17) is 14.4 Å². The highest BCUT2D eigenvalue weighted by molar-refractivity contribution is 6.21. The molecule has 3 nitrogen and oxygen atoms in total. The summed E-state index contributed by atoms with van der Waals surface area (Å²) in [5, 5.41) is 9.50. The van der Waals surface area contributed by atoms with Crippen molar-refractivity contribution in [2.24, 2.45) is 0 Å². The van der Waals surface area contributed by atoms with Crippen molar-refractivity contribution in [2.75, 3.05) is 0 Å². The molecule has 0 atom stereocenters. The fourth-order valence-corrected chi connectivity index (χ4v) is 7.46. The number of para-hydroxylation sites is 1. The van der Waals surface area contributed by atoms with Crippen LogP contribution in [0.25, 0.3) is 99.3 Å². The molecule has 49 heavy (non-hydrogen) atoms. The van der Waals surface area contributed by atoms with Crippen molar-refractivity contribution in [3.05, 3.63) is 170 Å². The maximum atomic E-state index is 6.29. The number of benzene rings is 8. The number of aromatic nitrogens is 2. The van der Waals surface area contributed by atoms with Gasteiger partial charge in [0.25, 0.3) is 0 Å². The lowest BCUT2D eigenvalue weighted by Crippen LogP contribution is -1.97. The van der Waals surface area contributed by atoms with Gasteiger partial charge in [-0.05, 0) is 67.7 Å². The fraction of sp³-hybridized carbons (Fsp3) is 0. The number of fused-ring (bicyclic) bond motifs is 7. The molecule has 0 aliphatic rings. The lowest BCUT2D eigenvalue weighted by atomic mass is 9.87. The van der Waals surface area contributed by atoms with Crippen molar-refractivity contribution in [3.8, 4) is 45.0 Å². The van der Waals surface area contributed by atoms with Crippen LogP contribution in [0.3, 0.4) is 0 Å². The number of nitrogens with zero attached hydrogens (tertiary/aromatic N) is 2. The van der Waals surface area contributed by atoms with Gasteiger partial charge in [-0.1, -0.05) is 146 Å². The van der Waals surface area contributed by atoms with Crippen LogP contribution in [-0.2, 0) is 0 Å². The molecule has 0 spiro atoms. The van der Waals surface area contributed by atoms with Gasteiger partial charge in [-0.15, -0.1) is 0 Å². The molecule has 0 radical (unpaired) electrons. The second-order valence-corrected chi connectivity index (χ2v) is 12.5. The second kappa shape index (κ2) is 11.0. The van der Waals surface area contributed by atoms with Gasteiger partial charge in [0.2, 0.25) is 0 Å². The molecule has 2 aromatic heterocycles. The molecule has 0 aliphatic carbocycles. The van der Waals surface area contributed by atoms with Gasteiger partial charge in [-0.25, -0.2) is 9.97 Å². The van der Waals surface area contributed by atoms with E-state index in [-0.39, 0.29) is 0 Å². The van der Waals surface area contributed by atoms with Crippen molar-refractivity contribution < 1.29 is 4.42 Å². The molecule has 0 fully saturated rings. The Balaban J connectivity index is 1.28. The number of rotatable bonds is 4. The minimum absolute atomic E-state index is 0.682. The highest BCUT2D eigenvalue weighted by Gasteiger charge is 2.20. The minimum atomic E-state index is 0.682. The summed E-state index contributed by atoms with van der Waals surface area (Å²) in [5.41, 5.74) is 8.80. The van der Waals surface area contributed by atoms with Crippen molar-refractivity contribution in [2.45, 2.75) is 0 Å². The maximum Gasteiger partial charge on any atom is 0.160 e. The monoisotopic (exact) mass is 624 g/mol. The third-order valence-electron chi connectivity index (χ3n) is 9.68. The molecule has 2 heterocycles. The van der Waals surface area contributed by atoms with Crippen LogP contribution < -0.4 is 0 Å². The van der Waals surface area contributed by atoms with Crippen molar-refractivity contribution >= 4 is 54.3 Å². The quantitative estimate of drug-likeness (QED) is 0.144. The summed E-state index contributed by atoms with van der Waals surface area (Å²) in [4.78, 5) is 10.5. The van der Waals surface area contributed by atoms with Gasteiger partial charge in [-0.2, -0.15) is 0 Å². The van der Waals surface area contributed by atoms with Gasteiger partial charge in [-0.3, -0.25) is 0 Å². The lowest BCUT2D eigenvalue weighted by Gasteiger charge is -2.17. The number of furan rings is 1. The molecule has 3 heteroatoms. The molecule has 0 aliphatic heterocycles. The average Bonchev–Trinajstić information content (AvgIpc) is 3.56. The van der Waals surface area contributed by atoms with Crippen LogP contribution >= 0.6 is 0 Å². The van der Waals surface area contributed by atoms with Crippen LogP contribution in [0.2, 0.25) is 0 Å². The zero-order chi connectivity index (χ0) is 32.3. The lowest BCUT2D eigenvalue weighted by molar-refractivity contribution is 0.669. The molecule has 10 aromatic rings. The Kier molecular flexibility index (Phi) is 6.18. The van der Waals surface area contributed by atoms with E-state index in [1.54, 1.807) is 0 Å². The van der Waals surface area contributed by atoms with Gasteiger partial charge < -0.3 is 4.42 Å². The molecule has 0 amide bonds. The summed E-state index contributed by atoms with van der Waals surface area (Å²) in [7, 11) is 0. The van der Waals surface area contributed by atoms with Gasteiger partial charge in [0, 0.05) is 27.5 Å². The third-order valence-corrected chi connectivity index (χ3v) is 9.68. The SMILES string of the molecule is c1ccc(-c2nc(-c3ccccc3-c3c4ccccc4cc4c3ccc3ccccc34)cc(-c3cccc4oc5ccccc5c34)n2)cc1. The number of hydrogen-bond acceptors (Lipinski definition) is 3. The van der Waals surface area contributed by atoms with Gasteiger partial charge in [0.05, 0.1) is 11.4 Å². The van der Waals surface area contributed by atoms with Crippen LogP contribution in [0.4, 0.5) is 0 Å². The van der Waals surface area contributed by atoms with Crippen LogP contribution in [0, 0.1) is 0 Å². The molecule has 0 unspecified atom stereocenters. The topological polar surface area (TPSA) is 38.9 Å². The molecule has 8 aromatic carbocycles. The van der Waals surface area contributed by atoms with Crippen LogP contribution in [0.15, 0.2) is 174 Å². The molecule has 0 bridgehead atoms. The average molecular weight is 625 g/mol. The summed E-state index contributed by atoms with van der Waals surface area (Å²) in [6, 6.07) is 59.7. The first-order chi connectivity index (χ1) is 24.3. The number of hydrogen-bond donors (Lipinski definition) is 0. The predicted octanol–water partition coefficient (Wildman–Crippen LogP) is 12.5. The summed E-state index contributed by atoms with van der Waals surface area (Å²) >= 11 is 0. The molecule has 0 saturated heterocycles. The highest BCUT2D eigenvalue weighted by Crippen LogP contribution is 2.44. The normalized spacial score (nSPS) is 11.7. The van der Waals surface area contributed by atoms with Gasteiger partial charge in [0.15, 0.2) is 5.82 Å². The van der Waals surface area contributed by atoms with Crippen molar-refractivity contribution in [1.29, 1.82) is 0 Å². The van der Waals surface area contributed by atoms with E-state index >= 15 is 0 Å². The Morgan fingerprint density at radius 1 is 0.367 bits per heavy atom. The van der Waals surface area contributed by atoms with E-state index in [1.165, 1.54) is 37.9 Å². The summed E-state index contributed by atoms with van der Waals surface area (Å²) in [6.07, 6.45) is 0. The Morgan fingerprint density at radius 3 is 1.86 bits per heavy atom. The van der Waals surface area contributed by atoms with E-state index in [0.29, 0.717) is 5.82 Å². The molecule has 10 rings (SSSR count). The first kappa shape index (κ1) is 27.5. The van der Waals surface area contributed by atoms with E-state index < -0.39 is 0 Å². The van der Waals surface area contributed by atoms with Crippen molar-refractivity contribution in [3.63, 3.8) is 0 Å². The van der Waals surface area contributed by atoms with Crippen LogP contribution in [0.5, 0.6) is 0 Å². The Bertz CT molecular complexity index is 2890. The second-order valence-electron chi connectivity index (χ2n) is 12.5. The van der Waals surface area contributed by atoms with Gasteiger partial charge in [0.1, 0.15) is 11.2 Å². The molecular formula is C46H28N2O. The van der Waals surface area contributed by atoms with Crippen LogP contribution in [0.1, 0.15) is 0 Å². The predicted molar refractivity (Wildman–Crippen MR) is 204 cm³/mol. The van der Waals surface area contributed by atoms with Crippen LogP contribution in [-0.4, -0.2) is 9.97 Å². The van der Waals surface area contributed by atoms with Gasteiger partial charge >= 0.3 is 0 Å². The Labute approximate surface area is 282 Å². The molecule has 228 valence electrons. The fourth-order valence-electron chi connectivity index (χ4n) is 7.46. The maximum absolute atomic E-state index is 6.29. The zero-order valence-electron chi connectivity index (χ0n) is 26.5. The summed E-state index contributed by atoms with van der Waals surface area (Å²) < 4.78 is 6.29. The standard InChI is InChI=1S/C46H28N2O/c1-2-14-30(15-3-1)46-47-40(28-41(48-46)37-22-12-24-43-45(37)38-21-10-11-23-42(38)49-43)34-19-8-9-20-35(34)44-33-18-7-5-16-31(33)27-39-32-17-6-4-13-29(32)25-26-36(39)44/h1-28H. The first-order valence-corrected chi connectivity index (χ1v) is 16.6. The van der Waals surface area contributed by atoms with E-state index in [2.05, 4.69) is 127 Å². The summed E-state index contributed by atoms with van der Waals surface area (Å²) in [5.74, 6) is 0.682. The van der Waals surface area contributed by atoms with Crippen molar-refractivity contribution in [1.82, 2.24) is 9.97 Å². The Morgan fingerprint density at radius 2 is 1.00 bits per heavy atom. The zero-order valence-corrected chi connectivity index (χ0v) is 26.5. The largest absolute Gasteiger partial charge is 0.456 e.